The van der Waals surface area contributed by atoms with Crippen molar-refractivity contribution in [1.29, 1.82) is 0 Å². The van der Waals surface area contributed by atoms with Gasteiger partial charge >= 0.3 is 5.97 Å². The van der Waals surface area contributed by atoms with Crippen LogP contribution in [0.5, 0.6) is 17.2 Å². The molecule has 40 heavy (non-hydrogen) atoms. The standard InChI is InChI=1S/C29H35N3O8/c1-16(33)31-21-7-5-18-13-24(38-2)27(39-3)28(40-4)26(18)19-6-8-22(23(34)14-20(19)21)30-15-25(35)32-11-9-17(10-12-32)29(36)37/h6,8,13-14,17,21H,5,7,9-12,15H2,1-4H3,(H,30,34)(H,31,33)(H,36,37)/t21-/m0/s1. The Morgan fingerprint density at radius 2 is 1.70 bits per heavy atom. The number of fused-ring (bicyclic) bond motifs is 3. The lowest BCUT2D eigenvalue weighted by atomic mass is 9.95. The number of amides is 2. The fourth-order valence-electron chi connectivity index (χ4n) is 5.51. The number of carboxylic acids is 1. The van der Waals surface area contributed by atoms with Gasteiger partial charge in [0.05, 0.1) is 45.5 Å². The number of anilines is 1. The van der Waals surface area contributed by atoms with Crippen LogP contribution in [0.2, 0.25) is 0 Å². The molecule has 0 bridgehead atoms. The first-order chi connectivity index (χ1) is 19.2. The predicted molar refractivity (Wildman–Crippen MR) is 148 cm³/mol. The average Bonchev–Trinajstić information content (AvgIpc) is 3.18. The Morgan fingerprint density at radius 1 is 1.00 bits per heavy atom. The highest BCUT2D eigenvalue weighted by molar-refractivity contribution is 5.84. The first-order valence-corrected chi connectivity index (χ1v) is 13.2. The molecule has 0 unspecified atom stereocenters. The van der Waals surface area contributed by atoms with E-state index >= 15 is 0 Å². The van der Waals surface area contributed by atoms with Crippen LogP contribution >= 0.6 is 0 Å². The second kappa shape index (κ2) is 12.3. The number of aliphatic carboxylic acids is 1. The van der Waals surface area contributed by atoms with Gasteiger partial charge in [0.15, 0.2) is 11.5 Å². The third-order valence-corrected chi connectivity index (χ3v) is 7.54. The molecule has 1 atom stereocenters. The summed E-state index contributed by atoms with van der Waals surface area (Å²) in [7, 11) is 4.60. The van der Waals surface area contributed by atoms with Gasteiger partial charge < -0.3 is 34.9 Å². The quantitative estimate of drug-likeness (QED) is 0.449. The third-order valence-electron chi connectivity index (χ3n) is 7.54. The van der Waals surface area contributed by atoms with Gasteiger partial charge in [0.2, 0.25) is 23.0 Å². The molecule has 214 valence electrons. The summed E-state index contributed by atoms with van der Waals surface area (Å²) in [5.41, 5.74) is 2.86. The summed E-state index contributed by atoms with van der Waals surface area (Å²) in [5, 5.41) is 15.1. The van der Waals surface area contributed by atoms with Gasteiger partial charge in [-0.25, -0.2) is 0 Å². The smallest absolute Gasteiger partial charge is 0.306 e. The second-order valence-electron chi connectivity index (χ2n) is 9.94. The number of hydrogen-bond acceptors (Lipinski definition) is 8. The van der Waals surface area contributed by atoms with Crippen LogP contribution in [-0.2, 0) is 20.8 Å². The van der Waals surface area contributed by atoms with Crippen LogP contribution in [-0.4, -0.2) is 68.8 Å². The van der Waals surface area contributed by atoms with E-state index < -0.39 is 17.9 Å². The van der Waals surface area contributed by atoms with E-state index in [1.807, 2.05) is 6.07 Å². The van der Waals surface area contributed by atoms with E-state index in [2.05, 4.69) is 10.6 Å². The molecule has 4 rings (SSSR count). The van der Waals surface area contributed by atoms with Crippen molar-refractivity contribution in [1.82, 2.24) is 10.2 Å². The number of ether oxygens (including phenoxy) is 3. The summed E-state index contributed by atoms with van der Waals surface area (Å²) in [4.78, 5) is 51.1. The number of benzene rings is 1. The van der Waals surface area contributed by atoms with E-state index in [0.29, 0.717) is 67.1 Å². The molecule has 1 saturated heterocycles. The van der Waals surface area contributed by atoms with E-state index in [1.54, 1.807) is 24.1 Å². The van der Waals surface area contributed by atoms with Gasteiger partial charge in [0.25, 0.3) is 0 Å². The van der Waals surface area contributed by atoms with Gasteiger partial charge in [-0.15, -0.1) is 0 Å². The Bertz CT molecular complexity index is 1370. The Balaban J connectivity index is 1.72. The maximum Gasteiger partial charge on any atom is 0.306 e. The zero-order valence-corrected chi connectivity index (χ0v) is 23.2. The summed E-state index contributed by atoms with van der Waals surface area (Å²) in [6.45, 7) is 2.04. The number of likely N-dealkylation sites (tertiary alicyclic amines) is 1. The molecule has 2 amide bonds. The Labute approximate surface area is 232 Å². The molecular formula is C29H35N3O8. The van der Waals surface area contributed by atoms with Crippen molar-refractivity contribution in [3.63, 3.8) is 0 Å². The van der Waals surface area contributed by atoms with Gasteiger partial charge in [0.1, 0.15) is 0 Å². The molecule has 11 nitrogen and oxygen atoms in total. The van der Waals surface area contributed by atoms with Crippen molar-refractivity contribution >= 4 is 23.5 Å². The molecule has 1 fully saturated rings. The number of carbonyl (C=O) groups is 3. The van der Waals surface area contributed by atoms with Crippen LogP contribution in [0.4, 0.5) is 5.69 Å². The minimum absolute atomic E-state index is 0.109. The molecule has 2 aliphatic rings. The monoisotopic (exact) mass is 553 g/mol. The Morgan fingerprint density at radius 3 is 2.30 bits per heavy atom. The molecule has 0 saturated carbocycles. The lowest BCUT2D eigenvalue weighted by molar-refractivity contribution is -0.145. The molecule has 3 N–H and O–H groups in total. The average molecular weight is 554 g/mol. The summed E-state index contributed by atoms with van der Waals surface area (Å²) >= 11 is 0. The molecule has 2 aromatic rings. The highest BCUT2D eigenvalue weighted by Gasteiger charge is 2.30. The van der Waals surface area contributed by atoms with E-state index in [9.17, 15) is 24.3 Å². The topological polar surface area (TPSA) is 144 Å². The molecule has 0 aromatic heterocycles. The van der Waals surface area contributed by atoms with Crippen molar-refractivity contribution < 1.29 is 33.7 Å². The summed E-state index contributed by atoms with van der Waals surface area (Å²) < 4.78 is 17.0. The largest absolute Gasteiger partial charge is 0.493 e. The Kier molecular flexibility index (Phi) is 8.81. The van der Waals surface area contributed by atoms with Crippen molar-refractivity contribution in [2.45, 2.75) is 38.6 Å². The van der Waals surface area contributed by atoms with E-state index in [0.717, 1.165) is 11.1 Å². The highest BCUT2D eigenvalue weighted by atomic mass is 16.5. The molecule has 1 heterocycles. The third kappa shape index (κ3) is 5.83. The number of piperidine rings is 1. The maximum absolute atomic E-state index is 13.4. The number of aryl methyl sites for hydroxylation is 1. The van der Waals surface area contributed by atoms with Crippen LogP contribution < -0.4 is 30.3 Å². The number of nitrogens with zero attached hydrogens (tertiary/aromatic N) is 1. The zero-order chi connectivity index (χ0) is 29.0. The van der Waals surface area contributed by atoms with Gasteiger partial charge in [0, 0.05) is 25.6 Å². The minimum Gasteiger partial charge on any atom is -0.493 e. The van der Waals surface area contributed by atoms with Crippen molar-refractivity contribution in [3.8, 4) is 28.4 Å². The number of nitrogens with one attached hydrogen (secondary N) is 2. The normalized spacial score (nSPS) is 16.6. The summed E-state index contributed by atoms with van der Waals surface area (Å²) in [6, 6.07) is 6.35. The van der Waals surface area contributed by atoms with Crippen LogP contribution in [0.15, 0.2) is 29.1 Å². The number of hydrogen-bond donors (Lipinski definition) is 3. The van der Waals surface area contributed by atoms with Crippen molar-refractivity contribution in [2.75, 3.05) is 46.3 Å². The molecule has 0 spiro atoms. The van der Waals surface area contributed by atoms with Gasteiger partial charge in [-0.2, -0.15) is 0 Å². The first kappa shape index (κ1) is 28.7. The number of carboxylic acid groups (broad SMARTS) is 1. The fourth-order valence-corrected chi connectivity index (χ4v) is 5.51. The zero-order valence-electron chi connectivity index (χ0n) is 23.2. The van der Waals surface area contributed by atoms with Crippen molar-refractivity contribution in [3.05, 3.63) is 45.6 Å². The van der Waals surface area contributed by atoms with E-state index in [1.165, 1.54) is 27.2 Å². The number of carbonyl (C=O) groups excluding carboxylic acids is 2. The predicted octanol–water partition coefficient (Wildman–Crippen LogP) is 2.60. The molecule has 1 aliphatic heterocycles. The van der Waals surface area contributed by atoms with Crippen LogP contribution in [0.1, 0.15) is 43.4 Å². The summed E-state index contributed by atoms with van der Waals surface area (Å²) in [6.07, 6.45) is 1.93. The van der Waals surface area contributed by atoms with Crippen molar-refractivity contribution in [2.24, 2.45) is 5.92 Å². The van der Waals surface area contributed by atoms with E-state index in [4.69, 9.17) is 14.2 Å². The van der Waals surface area contributed by atoms with Crippen LogP contribution in [0, 0.1) is 5.92 Å². The van der Waals surface area contributed by atoms with Gasteiger partial charge in [-0.3, -0.25) is 19.2 Å². The number of methoxy groups -OCH3 is 3. The molecule has 1 aliphatic carbocycles. The maximum atomic E-state index is 13.4. The van der Waals surface area contributed by atoms with E-state index in [-0.39, 0.29) is 29.5 Å². The molecule has 2 aromatic carbocycles. The molecule has 0 radical (unpaired) electrons. The SMILES string of the molecule is COc1cc2c(c(OC)c1OC)-c1ccc(NCC(=O)N3CCC(C(=O)O)CC3)c(=O)cc1[C@@H](NC(C)=O)CC2. The van der Waals surface area contributed by atoms with Gasteiger partial charge in [-0.1, -0.05) is 6.07 Å². The van der Waals surface area contributed by atoms with Gasteiger partial charge in [-0.05, 0) is 60.6 Å². The summed E-state index contributed by atoms with van der Waals surface area (Å²) in [5.74, 6) is -0.342. The molecular weight excluding hydrogens is 518 g/mol. The second-order valence-corrected chi connectivity index (χ2v) is 9.94. The number of rotatable bonds is 8. The van der Waals surface area contributed by atoms with Crippen LogP contribution in [0.25, 0.3) is 11.1 Å². The lowest BCUT2D eigenvalue weighted by Gasteiger charge is -2.30. The minimum atomic E-state index is -0.843. The molecule has 11 heteroatoms. The highest BCUT2D eigenvalue weighted by Crippen LogP contribution is 2.50. The fraction of sp³-hybridized carbons (Fsp3) is 0.448. The Hall–Kier alpha value is -4.28. The first-order valence-electron chi connectivity index (χ1n) is 13.2. The lowest BCUT2D eigenvalue weighted by Crippen LogP contribution is -2.42. The van der Waals surface area contributed by atoms with Crippen LogP contribution in [0.3, 0.4) is 0 Å².